The molecule has 1 amide bonds. The summed E-state index contributed by atoms with van der Waals surface area (Å²) in [6.07, 6.45) is 12.9. The number of carbonyl (C=O) groups is 1. The second kappa shape index (κ2) is 11.6. The number of nitrogens with two attached hydrogens (primary N) is 1. The largest absolute Gasteiger partial charge is 0.359 e. The van der Waals surface area contributed by atoms with Gasteiger partial charge in [-0.1, -0.05) is 103 Å². The van der Waals surface area contributed by atoms with Gasteiger partial charge < -0.3 is 15.6 Å². The Balaban J connectivity index is 1.18. The van der Waals surface area contributed by atoms with Crippen LogP contribution >= 0.6 is 0 Å². The lowest BCUT2D eigenvalue weighted by Crippen LogP contribution is -2.66. The molecule has 1 heterocycles. The van der Waals surface area contributed by atoms with E-state index in [9.17, 15) is 4.79 Å². The highest BCUT2D eigenvalue weighted by Gasteiger charge is 2.69. The molecular formula is C43H63N3O2. The van der Waals surface area contributed by atoms with E-state index in [4.69, 9.17) is 10.3 Å². The molecule has 4 saturated carbocycles. The predicted octanol–water partition coefficient (Wildman–Crippen LogP) is 10.1. The first-order valence-corrected chi connectivity index (χ1v) is 19.4. The van der Waals surface area contributed by atoms with Crippen molar-refractivity contribution in [2.24, 2.45) is 62.4 Å². The van der Waals surface area contributed by atoms with Crippen LogP contribution in [0.25, 0.3) is 11.3 Å². The molecule has 3 N–H and O–H groups in total. The predicted molar refractivity (Wildman–Crippen MR) is 195 cm³/mol. The van der Waals surface area contributed by atoms with Gasteiger partial charge in [0.2, 0.25) is 5.91 Å². The average Bonchev–Trinajstić information content (AvgIpc) is 3.53. The Morgan fingerprint density at radius 1 is 0.979 bits per heavy atom. The second-order valence-corrected chi connectivity index (χ2v) is 18.9. The van der Waals surface area contributed by atoms with Crippen molar-refractivity contribution in [2.45, 2.75) is 139 Å². The summed E-state index contributed by atoms with van der Waals surface area (Å²) in [4.78, 5) is 14.7. The summed E-state index contributed by atoms with van der Waals surface area (Å²) in [6, 6.07) is 10.7. The molecule has 7 rings (SSSR count). The minimum Gasteiger partial charge on any atom is -0.359 e. The first kappa shape index (κ1) is 34.1. The molecule has 1 aromatic carbocycles. The third kappa shape index (κ3) is 4.71. The van der Waals surface area contributed by atoms with Crippen LogP contribution in [0.15, 0.2) is 46.5 Å². The molecule has 0 bridgehead atoms. The second-order valence-electron chi connectivity index (χ2n) is 18.9. The van der Waals surface area contributed by atoms with Crippen LogP contribution in [0.5, 0.6) is 0 Å². The van der Waals surface area contributed by atoms with Crippen molar-refractivity contribution in [3.8, 4) is 11.3 Å². The molecule has 10 atom stereocenters. The lowest BCUT2D eigenvalue weighted by molar-refractivity contribution is -0.187. The van der Waals surface area contributed by atoms with Gasteiger partial charge in [-0.15, -0.1) is 0 Å². The lowest BCUT2D eigenvalue weighted by atomic mass is 9.33. The molecule has 0 aliphatic heterocycles. The third-order valence-corrected chi connectivity index (χ3v) is 16.4. The summed E-state index contributed by atoms with van der Waals surface area (Å²) in [5, 5.41) is 7.85. The van der Waals surface area contributed by atoms with E-state index >= 15 is 0 Å². The van der Waals surface area contributed by atoms with Crippen LogP contribution in [0.2, 0.25) is 0 Å². The smallest absolute Gasteiger partial charge is 0.227 e. The van der Waals surface area contributed by atoms with Crippen LogP contribution in [0, 0.1) is 56.7 Å². The fraction of sp³-hybridized carbons (Fsp3) is 0.721. The summed E-state index contributed by atoms with van der Waals surface area (Å²) in [7, 11) is 0. The minimum absolute atomic E-state index is 0.108. The van der Waals surface area contributed by atoms with E-state index in [0.29, 0.717) is 47.6 Å². The fourth-order valence-electron chi connectivity index (χ4n) is 13.0. The highest BCUT2D eigenvalue weighted by Crippen LogP contribution is 2.75. The third-order valence-electron chi connectivity index (χ3n) is 16.4. The number of benzene rings is 1. The zero-order chi connectivity index (χ0) is 34.4. The van der Waals surface area contributed by atoms with Crippen molar-refractivity contribution < 1.29 is 9.32 Å². The number of allylic oxidation sites excluding steroid dienone is 2. The van der Waals surface area contributed by atoms with Crippen LogP contribution in [0.3, 0.4) is 0 Å². The van der Waals surface area contributed by atoms with Crippen LogP contribution < -0.4 is 11.1 Å². The van der Waals surface area contributed by atoms with Crippen LogP contribution in [-0.2, 0) is 11.3 Å². The number of amides is 1. The number of nitrogens with one attached hydrogen (secondary N) is 1. The number of hydrogen-bond acceptors (Lipinski definition) is 4. The van der Waals surface area contributed by atoms with E-state index in [1.165, 1.54) is 24.8 Å². The Morgan fingerprint density at radius 2 is 1.73 bits per heavy atom. The maximum Gasteiger partial charge on any atom is 0.227 e. The Morgan fingerprint density at radius 3 is 2.48 bits per heavy atom. The molecule has 4 fully saturated rings. The molecule has 0 spiro atoms. The Bertz CT molecular complexity index is 1590. The van der Waals surface area contributed by atoms with Gasteiger partial charge in [-0.05, 0) is 121 Å². The van der Waals surface area contributed by atoms with Gasteiger partial charge in [0.1, 0.15) is 5.69 Å². The Labute approximate surface area is 290 Å². The molecule has 0 radical (unpaired) electrons. The van der Waals surface area contributed by atoms with Gasteiger partial charge in [-0.2, -0.15) is 0 Å². The molecule has 1 aromatic heterocycles. The van der Waals surface area contributed by atoms with Gasteiger partial charge in [0.15, 0.2) is 5.76 Å². The number of nitrogens with zero attached hydrogens (tertiary/aromatic N) is 1. The van der Waals surface area contributed by atoms with Crippen LogP contribution in [-0.4, -0.2) is 17.1 Å². The van der Waals surface area contributed by atoms with Crippen molar-refractivity contribution in [2.75, 3.05) is 0 Å². The van der Waals surface area contributed by atoms with Crippen molar-refractivity contribution in [1.29, 1.82) is 0 Å². The summed E-state index contributed by atoms with van der Waals surface area (Å²) in [5.74, 6) is 4.02. The molecule has 5 aliphatic carbocycles. The maximum absolute atomic E-state index is 14.7. The molecule has 262 valence electrons. The molecule has 5 heteroatoms. The molecular weight excluding hydrogens is 590 g/mol. The number of aromatic nitrogens is 1. The van der Waals surface area contributed by atoms with Gasteiger partial charge in [-0.3, -0.25) is 4.79 Å². The highest BCUT2D eigenvalue weighted by atomic mass is 16.5. The van der Waals surface area contributed by atoms with Gasteiger partial charge in [0.25, 0.3) is 0 Å². The topological polar surface area (TPSA) is 81.2 Å². The monoisotopic (exact) mass is 653 g/mol. The van der Waals surface area contributed by atoms with Gasteiger partial charge in [0, 0.05) is 17.7 Å². The van der Waals surface area contributed by atoms with Crippen molar-refractivity contribution in [3.63, 3.8) is 0 Å². The molecule has 5 nitrogen and oxygen atoms in total. The number of fused-ring (bicyclic) bond motifs is 7. The average molecular weight is 654 g/mol. The number of carbonyl (C=O) groups excluding carboxylic acids is 1. The Kier molecular flexibility index (Phi) is 8.21. The van der Waals surface area contributed by atoms with Crippen LogP contribution in [0.1, 0.15) is 137 Å². The first-order chi connectivity index (χ1) is 22.6. The van der Waals surface area contributed by atoms with Gasteiger partial charge in [-0.25, -0.2) is 0 Å². The number of hydrogen-bond donors (Lipinski definition) is 2. The molecule has 5 aliphatic rings. The number of rotatable bonds is 5. The summed E-state index contributed by atoms with van der Waals surface area (Å²) in [5.41, 5.74) is 12.1. The van der Waals surface area contributed by atoms with Gasteiger partial charge >= 0.3 is 0 Å². The zero-order valence-corrected chi connectivity index (χ0v) is 31.4. The lowest BCUT2D eigenvalue weighted by Gasteiger charge is -2.71. The highest BCUT2D eigenvalue weighted by molar-refractivity contribution is 5.84. The van der Waals surface area contributed by atoms with Gasteiger partial charge in [0.05, 0.1) is 12.0 Å². The SMILES string of the molecule is CC(C)c1ccccc1-c1cc(CNC(=O)[C@]23CC[C@@H](C)[C@H](C)[C@H]2C2=CCC4[C@@]5(C)CC[C@H](N)C(C)(C)C5CC[C@@]4(C)[C@]2(C)CC3)on1. The molecule has 0 saturated heterocycles. The van der Waals surface area contributed by atoms with E-state index in [0.717, 1.165) is 55.5 Å². The quantitative estimate of drug-likeness (QED) is 0.315. The maximum atomic E-state index is 14.7. The first-order valence-electron chi connectivity index (χ1n) is 19.4. The van der Waals surface area contributed by atoms with E-state index in [2.05, 4.69) is 103 Å². The summed E-state index contributed by atoms with van der Waals surface area (Å²) in [6.45, 7) is 22.5. The Hall–Kier alpha value is -2.40. The normalized spacial score (nSPS) is 41.8. The van der Waals surface area contributed by atoms with E-state index in [-0.39, 0.29) is 33.5 Å². The standard InChI is InChI=1S/C43H63N3O2/c1-26(2)30-12-10-11-13-31(30)33-24-29(48-46-33)25-45-38(47)43-21-16-27(3)28(4)37(43)32-14-15-35-40(7)19-18-36(44)39(5,6)34(40)17-20-42(35,9)41(32,8)22-23-43/h10-14,24,26-28,34-37H,15-23,25,44H2,1-9H3,(H,45,47)/t27-,28+,34?,35?,36+,37+,40+,41-,42-,43+/m1/s1. The van der Waals surface area contributed by atoms with Crippen molar-refractivity contribution in [3.05, 3.63) is 53.3 Å². The fourth-order valence-corrected chi connectivity index (χ4v) is 13.0. The summed E-state index contributed by atoms with van der Waals surface area (Å²) < 4.78 is 5.83. The summed E-state index contributed by atoms with van der Waals surface area (Å²) >= 11 is 0. The zero-order valence-electron chi connectivity index (χ0n) is 31.4. The van der Waals surface area contributed by atoms with Crippen molar-refractivity contribution in [1.82, 2.24) is 10.5 Å². The van der Waals surface area contributed by atoms with E-state index < -0.39 is 0 Å². The van der Waals surface area contributed by atoms with E-state index in [1.54, 1.807) is 5.57 Å². The molecule has 48 heavy (non-hydrogen) atoms. The molecule has 2 unspecified atom stereocenters. The van der Waals surface area contributed by atoms with Crippen LogP contribution in [0.4, 0.5) is 0 Å². The van der Waals surface area contributed by atoms with Crippen molar-refractivity contribution >= 4 is 5.91 Å². The van der Waals surface area contributed by atoms with E-state index in [1.807, 2.05) is 6.07 Å². The molecule has 2 aromatic rings. The minimum atomic E-state index is -0.367.